The average molecular weight is 382 g/mol. The van der Waals surface area contributed by atoms with Crippen LogP contribution in [0.4, 0.5) is 17.1 Å². The number of hydrogen-bond acceptors (Lipinski definition) is 4. The van der Waals surface area contributed by atoms with Gasteiger partial charge < -0.3 is 21.3 Å². The van der Waals surface area contributed by atoms with Gasteiger partial charge in [-0.05, 0) is 49.7 Å². The number of benzene rings is 2. The summed E-state index contributed by atoms with van der Waals surface area (Å²) in [6, 6.07) is 14.0. The highest BCUT2D eigenvalue weighted by Crippen LogP contribution is 2.15. The smallest absolute Gasteiger partial charge is 0.251 e. The van der Waals surface area contributed by atoms with E-state index in [2.05, 4.69) is 21.3 Å². The van der Waals surface area contributed by atoms with Gasteiger partial charge in [-0.25, -0.2) is 0 Å². The third-order valence-electron chi connectivity index (χ3n) is 4.03. The average Bonchev–Trinajstić information content (AvgIpc) is 2.66. The summed E-state index contributed by atoms with van der Waals surface area (Å²) in [6.45, 7) is 5.42. The van der Waals surface area contributed by atoms with Gasteiger partial charge in [-0.1, -0.05) is 19.1 Å². The van der Waals surface area contributed by atoms with Crippen LogP contribution in [0.5, 0.6) is 0 Å². The molecular formula is C21H26N4O3. The Balaban J connectivity index is 1.92. The van der Waals surface area contributed by atoms with E-state index in [1.807, 2.05) is 13.8 Å². The van der Waals surface area contributed by atoms with Crippen molar-refractivity contribution < 1.29 is 14.4 Å². The Kier molecular flexibility index (Phi) is 7.56. The molecule has 2 rings (SSSR count). The summed E-state index contributed by atoms with van der Waals surface area (Å²) in [6.07, 6.45) is 0.844. The highest BCUT2D eigenvalue weighted by Gasteiger charge is 2.10. The number of nitrogens with one attached hydrogen (secondary N) is 4. The second-order valence-corrected chi connectivity index (χ2v) is 6.53. The van der Waals surface area contributed by atoms with Gasteiger partial charge in [-0.3, -0.25) is 14.4 Å². The first-order valence-electron chi connectivity index (χ1n) is 9.19. The maximum Gasteiger partial charge on any atom is 0.251 e. The number of carbonyl (C=O) groups excluding carboxylic acids is 3. The van der Waals surface area contributed by atoms with Crippen molar-refractivity contribution in [3.8, 4) is 0 Å². The molecule has 0 saturated heterocycles. The van der Waals surface area contributed by atoms with Crippen molar-refractivity contribution in [1.82, 2.24) is 5.32 Å². The van der Waals surface area contributed by atoms with Crippen molar-refractivity contribution in [2.24, 2.45) is 0 Å². The Morgan fingerprint density at radius 2 is 1.57 bits per heavy atom. The zero-order valence-electron chi connectivity index (χ0n) is 16.3. The molecule has 0 heterocycles. The van der Waals surface area contributed by atoms with Gasteiger partial charge in [0.05, 0.1) is 6.54 Å². The Hall–Kier alpha value is -3.35. The minimum Gasteiger partial charge on any atom is -0.376 e. The lowest BCUT2D eigenvalue weighted by Gasteiger charge is -2.13. The van der Waals surface area contributed by atoms with Gasteiger partial charge in [0.25, 0.3) is 5.91 Å². The molecule has 1 atom stereocenters. The summed E-state index contributed by atoms with van der Waals surface area (Å²) >= 11 is 0. The summed E-state index contributed by atoms with van der Waals surface area (Å²) in [7, 11) is 0. The monoisotopic (exact) mass is 382 g/mol. The fourth-order valence-corrected chi connectivity index (χ4v) is 2.45. The van der Waals surface area contributed by atoms with Gasteiger partial charge in [0, 0.05) is 35.6 Å². The summed E-state index contributed by atoms with van der Waals surface area (Å²) < 4.78 is 0. The first kappa shape index (κ1) is 21.0. The molecule has 0 bridgehead atoms. The second kappa shape index (κ2) is 10.1. The van der Waals surface area contributed by atoms with E-state index in [0.717, 1.165) is 6.42 Å². The SMILES string of the molecule is CCC(C)NC(=O)c1cccc(NC(=O)CNc2cccc(NC(C)=O)c2)c1. The number of anilines is 3. The van der Waals surface area contributed by atoms with Gasteiger partial charge in [0.1, 0.15) is 0 Å². The molecule has 0 aliphatic heterocycles. The van der Waals surface area contributed by atoms with Crippen LogP contribution >= 0.6 is 0 Å². The van der Waals surface area contributed by atoms with Crippen LogP contribution in [0, 0.1) is 0 Å². The van der Waals surface area contributed by atoms with Crippen molar-refractivity contribution in [1.29, 1.82) is 0 Å². The van der Waals surface area contributed by atoms with Crippen molar-refractivity contribution >= 4 is 34.8 Å². The largest absolute Gasteiger partial charge is 0.376 e. The maximum absolute atomic E-state index is 12.2. The summed E-state index contributed by atoms with van der Waals surface area (Å²) in [5.74, 6) is -0.574. The van der Waals surface area contributed by atoms with E-state index in [1.165, 1.54) is 6.92 Å². The van der Waals surface area contributed by atoms with Crippen LogP contribution in [0.1, 0.15) is 37.6 Å². The van der Waals surface area contributed by atoms with Gasteiger partial charge in [-0.2, -0.15) is 0 Å². The molecule has 3 amide bonds. The minimum atomic E-state index is -0.246. The number of carbonyl (C=O) groups is 3. The molecule has 7 nitrogen and oxygen atoms in total. The van der Waals surface area contributed by atoms with E-state index >= 15 is 0 Å². The Morgan fingerprint density at radius 1 is 0.929 bits per heavy atom. The maximum atomic E-state index is 12.2. The lowest BCUT2D eigenvalue weighted by molar-refractivity contribution is -0.115. The van der Waals surface area contributed by atoms with Gasteiger partial charge in [0.15, 0.2) is 0 Å². The third kappa shape index (κ3) is 6.75. The summed E-state index contributed by atoms with van der Waals surface area (Å²) in [5, 5.41) is 11.4. The summed E-state index contributed by atoms with van der Waals surface area (Å²) in [5.41, 5.74) is 2.41. The lowest BCUT2D eigenvalue weighted by Crippen LogP contribution is -2.32. The Labute approximate surface area is 164 Å². The molecule has 0 radical (unpaired) electrons. The van der Waals surface area contributed by atoms with Crippen molar-refractivity contribution in [2.45, 2.75) is 33.2 Å². The van der Waals surface area contributed by atoms with Crippen LogP contribution in [0.3, 0.4) is 0 Å². The molecule has 0 saturated carbocycles. The highest BCUT2D eigenvalue weighted by atomic mass is 16.2. The topological polar surface area (TPSA) is 99.3 Å². The number of rotatable bonds is 8. The Morgan fingerprint density at radius 3 is 2.25 bits per heavy atom. The molecule has 7 heteroatoms. The molecule has 0 aliphatic carbocycles. The number of hydrogen-bond donors (Lipinski definition) is 4. The van der Waals surface area contributed by atoms with Crippen LogP contribution in [-0.2, 0) is 9.59 Å². The zero-order valence-corrected chi connectivity index (χ0v) is 16.3. The van der Waals surface area contributed by atoms with E-state index < -0.39 is 0 Å². The van der Waals surface area contributed by atoms with Crippen LogP contribution in [0.2, 0.25) is 0 Å². The molecule has 148 valence electrons. The molecule has 2 aromatic rings. The molecule has 0 aromatic heterocycles. The molecular weight excluding hydrogens is 356 g/mol. The van der Waals surface area contributed by atoms with Crippen molar-refractivity contribution in [3.05, 3.63) is 54.1 Å². The molecule has 28 heavy (non-hydrogen) atoms. The fourth-order valence-electron chi connectivity index (χ4n) is 2.45. The van der Waals surface area contributed by atoms with Gasteiger partial charge in [-0.15, -0.1) is 0 Å². The summed E-state index contributed by atoms with van der Waals surface area (Å²) in [4.78, 5) is 35.5. The number of amides is 3. The lowest BCUT2D eigenvalue weighted by atomic mass is 10.1. The second-order valence-electron chi connectivity index (χ2n) is 6.53. The van der Waals surface area contributed by atoms with E-state index in [0.29, 0.717) is 22.6 Å². The van der Waals surface area contributed by atoms with Crippen LogP contribution in [-0.4, -0.2) is 30.3 Å². The molecule has 0 fully saturated rings. The normalized spacial score (nSPS) is 11.2. The fraction of sp³-hybridized carbons (Fsp3) is 0.286. The van der Waals surface area contributed by atoms with Crippen LogP contribution in [0.15, 0.2) is 48.5 Å². The van der Waals surface area contributed by atoms with Crippen molar-refractivity contribution in [3.63, 3.8) is 0 Å². The molecule has 2 aromatic carbocycles. The van der Waals surface area contributed by atoms with E-state index in [4.69, 9.17) is 0 Å². The first-order chi connectivity index (χ1) is 13.4. The van der Waals surface area contributed by atoms with E-state index in [9.17, 15) is 14.4 Å². The predicted molar refractivity (Wildman–Crippen MR) is 112 cm³/mol. The predicted octanol–water partition coefficient (Wildman–Crippen LogP) is 3.22. The van der Waals surface area contributed by atoms with E-state index in [1.54, 1.807) is 48.5 Å². The van der Waals surface area contributed by atoms with Crippen molar-refractivity contribution in [2.75, 3.05) is 22.5 Å². The zero-order chi connectivity index (χ0) is 20.5. The molecule has 0 aliphatic rings. The van der Waals surface area contributed by atoms with Gasteiger partial charge in [0.2, 0.25) is 11.8 Å². The van der Waals surface area contributed by atoms with Gasteiger partial charge >= 0.3 is 0 Å². The third-order valence-corrected chi connectivity index (χ3v) is 4.03. The molecule has 4 N–H and O–H groups in total. The molecule has 0 spiro atoms. The standard InChI is InChI=1S/C21H26N4O3/c1-4-14(2)23-21(28)16-7-5-9-18(11-16)25-20(27)13-22-17-8-6-10-19(12-17)24-15(3)26/h5-12,14,22H,4,13H2,1-3H3,(H,23,28)(H,24,26)(H,25,27). The molecule has 1 unspecified atom stereocenters. The van der Waals surface area contributed by atoms with E-state index in [-0.39, 0.29) is 30.3 Å². The first-order valence-corrected chi connectivity index (χ1v) is 9.19. The van der Waals surface area contributed by atoms with Crippen LogP contribution < -0.4 is 21.3 Å². The highest BCUT2D eigenvalue weighted by molar-refractivity contribution is 5.98. The minimum absolute atomic E-state index is 0.0484. The Bertz CT molecular complexity index is 851. The van der Waals surface area contributed by atoms with Crippen LogP contribution in [0.25, 0.3) is 0 Å². The quantitative estimate of drug-likeness (QED) is 0.563.